The van der Waals surface area contributed by atoms with Crippen molar-refractivity contribution in [2.75, 3.05) is 18.1 Å². The fourth-order valence-corrected chi connectivity index (χ4v) is 3.17. The second kappa shape index (κ2) is 9.78. The summed E-state index contributed by atoms with van der Waals surface area (Å²) in [6.45, 7) is 5.34. The molecule has 1 aromatic carbocycles. The van der Waals surface area contributed by atoms with Crippen molar-refractivity contribution in [3.8, 4) is 0 Å². The Bertz CT molecular complexity index is 373. The van der Waals surface area contributed by atoms with E-state index in [0.29, 0.717) is 6.04 Å². The van der Waals surface area contributed by atoms with E-state index in [1.165, 1.54) is 12.2 Å². The van der Waals surface area contributed by atoms with E-state index in [-0.39, 0.29) is 5.82 Å². The summed E-state index contributed by atoms with van der Waals surface area (Å²) in [6.07, 6.45) is 3.06. The molecule has 0 saturated heterocycles. The molecule has 1 rings (SSSR count). The Hall–Kier alpha value is -0.0600. The maximum Gasteiger partial charge on any atom is 0.127 e. The van der Waals surface area contributed by atoms with E-state index in [4.69, 9.17) is 0 Å². The van der Waals surface area contributed by atoms with Gasteiger partial charge in [0.25, 0.3) is 0 Å². The topological polar surface area (TPSA) is 12.0 Å². The summed E-state index contributed by atoms with van der Waals surface area (Å²) in [6, 6.07) is 5.69. The van der Waals surface area contributed by atoms with E-state index in [0.717, 1.165) is 35.2 Å². The maximum absolute atomic E-state index is 13.9. The molecule has 1 atom stereocenters. The molecule has 1 nitrogen and oxygen atoms in total. The lowest BCUT2D eigenvalue weighted by Crippen LogP contribution is -2.34. The lowest BCUT2D eigenvalue weighted by Gasteiger charge is -2.18. The molecule has 0 aromatic heterocycles. The van der Waals surface area contributed by atoms with Crippen LogP contribution in [0.15, 0.2) is 22.7 Å². The summed E-state index contributed by atoms with van der Waals surface area (Å²) in [5, 5.41) is 3.52. The Morgan fingerprint density at radius 3 is 2.74 bits per heavy atom. The van der Waals surface area contributed by atoms with Crippen LogP contribution < -0.4 is 5.32 Å². The third-order valence-corrected chi connectivity index (χ3v) is 4.66. The van der Waals surface area contributed by atoms with Gasteiger partial charge in [-0.2, -0.15) is 11.8 Å². The highest BCUT2D eigenvalue weighted by Crippen LogP contribution is 2.18. The van der Waals surface area contributed by atoms with Gasteiger partial charge < -0.3 is 5.32 Å². The highest BCUT2D eigenvalue weighted by atomic mass is 79.9. The molecule has 0 amide bonds. The van der Waals surface area contributed by atoms with Gasteiger partial charge in [-0.1, -0.05) is 35.8 Å². The minimum absolute atomic E-state index is 0.113. The Morgan fingerprint density at radius 2 is 2.11 bits per heavy atom. The second-order valence-corrected chi connectivity index (χ2v) is 6.73. The van der Waals surface area contributed by atoms with Crippen LogP contribution in [0, 0.1) is 5.82 Å². The van der Waals surface area contributed by atoms with Gasteiger partial charge in [-0.05, 0) is 49.3 Å². The van der Waals surface area contributed by atoms with Crippen LogP contribution in [-0.2, 0) is 6.42 Å². The van der Waals surface area contributed by atoms with Crippen LogP contribution in [0.1, 0.15) is 32.3 Å². The predicted molar refractivity (Wildman–Crippen MR) is 87.5 cm³/mol. The van der Waals surface area contributed by atoms with Crippen molar-refractivity contribution in [1.29, 1.82) is 0 Å². The van der Waals surface area contributed by atoms with Crippen molar-refractivity contribution in [2.24, 2.45) is 0 Å². The van der Waals surface area contributed by atoms with Crippen LogP contribution >= 0.6 is 27.7 Å². The first-order valence-corrected chi connectivity index (χ1v) is 8.87. The minimum atomic E-state index is -0.113. The van der Waals surface area contributed by atoms with Crippen molar-refractivity contribution in [3.05, 3.63) is 34.1 Å². The number of nitrogens with one attached hydrogen (secondary N) is 1. The molecular formula is C15H23BrFNS. The van der Waals surface area contributed by atoms with E-state index in [2.05, 4.69) is 35.1 Å². The highest BCUT2D eigenvalue weighted by molar-refractivity contribution is 9.10. The Labute approximate surface area is 128 Å². The number of benzene rings is 1. The summed E-state index contributed by atoms with van der Waals surface area (Å²) in [7, 11) is 0. The predicted octanol–water partition coefficient (Wildman–Crippen LogP) is 4.64. The smallest absolute Gasteiger partial charge is 0.127 e. The first-order valence-electron chi connectivity index (χ1n) is 6.92. The van der Waals surface area contributed by atoms with E-state index in [9.17, 15) is 4.39 Å². The molecule has 0 aliphatic carbocycles. The first kappa shape index (κ1) is 17.0. The lowest BCUT2D eigenvalue weighted by atomic mass is 10.1. The fourth-order valence-electron chi connectivity index (χ4n) is 1.86. The molecule has 0 aliphatic rings. The molecule has 19 heavy (non-hydrogen) atoms. The quantitative estimate of drug-likeness (QED) is 0.653. The standard InChI is InChI=1S/C15H23BrFNS/c1-3-7-18-14(11-19-8-4-2)9-12-5-6-13(16)10-15(12)17/h5-6,10,14,18H,3-4,7-9,11H2,1-2H3. The van der Waals surface area contributed by atoms with Crippen molar-refractivity contribution < 1.29 is 4.39 Å². The highest BCUT2D eigenvalue weighted by Gasteiger charge is 2.12. The van der Waals surface area contributed by atoms with Gasteiger partial charge in [-0.15, -0.1) is 0 Å². The van der Waals surface area contributed by atoms with Crippen LogP contribution in [0.4, 0.5) is 4.39 Å². The molecular weight excluding hydrogens is 325 g/mol. The Kier molecular flexibility index (Phi) is 8.75. The molecule has 1 N–H and O–H groups in total. The van der Waals surface area contributed by atoms with Gasteiger partial charge in [-0.25, -0.2) is 4.39 Å². The molecule has 0 heterocycles. The van der Waals surface area contributed by atoms with Crippen LogP contribution in [0.5, 0.6) is 0 Å². The van der Waals surface area contributed by atoms with Gasteiger partial charge in [0.1, 0.15) is 5.82 Å². The van der Waals surface area contributed by atoms with Crippen molar-refractivity contribution >= 4 is 27.7 Å². The van der Waals surface area contributed by atoms with Crippen molar-refractivity contribution in [2.45, 2.75) is 39.2 Å². The lowest BCUT2D eigenvalue weighted by molar-refractivity contribution is 0.530. The molecule has 0 fully saturated rings. The molecule has 0 aliphatic heterocycles. The Balaban J connectivity index is 2.58. The molecule has 0 radical (unpaired) electrons. The summed E-state index contributed by atoms with van der Waals surface area (Å²) >= 11 is 5.24. The third kappa shape index (κ3) is 6.77. The van der Waals surface area contributed by atoms with E-state index in [1.807, 2.05) is 23.9 Å². The third-order valence-electron chi connectivity index (χ3n) is 2.83. The molecule has 1 unspecified atom stereocenters. The number of rotatable bonds is 9. The second-order valence-electron chi connectivity index (χ2n) is 4.67. The monoisotopic (exact) mass is 347 g/mol. The van der Waals surface area contributed by atoms with Crippen molar-refractivity contribution in [1.82, 2.24) is 5.32 Å². The van der Waals surface area contributed by atoms with E-state index < -0.39 is 0 Å². The SMILES string of the molecule is CCCNC(CSCCC)Cc1ccc(Br)cc1F. The van der Waals surface area contributed by atoms with Gasteiger partial charge in [-0.3, -0.25) is 0 Å². The van der Waals surface area contributed by atoms with Gasteiger partial charge in [0.15, 0.2) is 0 Å². The zero-order valence-corrected chi connectivity index (χ0v) is 14.1. The first-order chi connectivity index (χ1) is 9.17. The van der Waals surface area contributed by atoms with Gasteiger partial charge >= 0.3 is 0 Å². The number of halogens is 2. The van der Waals surface area contributed by atoms with Crippen LogP contribution in [0.2, 0.25) is 0 Å². The van der Waals surface area contributed by atoms with E-state index >= 15 is 0 Å². The van der Waals surface area contributed by atoms with Crippen LogP contribution in [0.25, 0.3) is 0 Å². The number of thioether (sulfide) groups is 1. The zero-order valence-electron chi connectivity index (χ0n) is 11.7. The molecule has 0 saturated carbocycles. The Morgan fingerprint density at radius 1 is 1.32 bits per heavy atom. The molecule has 1 aromatic rings. The average molecular weight is 348 g/mol. The summed E-state index contributed by atoms with van der Waals surface area (Å²) in [4.78, 5) is 0. The van der Waals surface area contributed by atoms with Gasteiger partial charge in [0, 0.05) is 16.3 Å². The summed E-state index contributed by atoms with van der Waals surface area (Å²) in [5.74, 6) is 2.11. The molecule has 0 bridgehead atoms. The normalized spacial score (nSPS) is 12.6. The zero-order chi connectivity index (χ0) is 14.1. The summed E-state index contributed by atoms with van der Waals surface area (Å²) in [5.41, 5.74) is 0.800. The van der Waals surface area contributed by atoms with Crippen LogP contribution in [-0.4, -0.2) is 24.1 Å². The average Bonchev–Trinajstić information content (AvgIpc) is 2.39. The van der Waals surface area contributed by atoms with E-state index in [1.54, 1.807) is 6.07 Å². The minimum Gasteiger partial charge on any atom is -0.313 e. The largest absolute Gasteiger partial charge is 0.313 e. The number of hydrogen-bond acceptors (Lipinski definition) is 2. The van der Waals surface area contributed by atoms with Gasteiger partial charge in [0.05, 0.1) is 0 Å². The van der Waals surface area contributed by atoms with Crippen molar-refractivity contribution in [3.63, 3.8) is 0 Å². The fraction of sp³-hybridized carbons (Fsp3) is 0.600. The van der Waals surface area contributed by atoms with Gasteiger partial charge in [0.2, 0.25) is 0 Å². The number of hydrogen-bond donors (Lipinski definition) is 1. The maximum atomic E-state index is 13.9. The van der Waals surface area contributed by atoms with Crippen LogP contribution in [0.3, 0.4) is 0 Å². The molecule has 4 heteroatoms. The summed E-state index contributed by atoms with van der Waals surface area (Å²) < 4.78 is 14.7. The molecule has 108 valence electrons. The molecule has 0 spiro atoms.